The van der Waals surface area contributed by atoms with Crippen molar-refractivity contribution in [1.29, 1.82) is 0 Å². The van der Waals surface area contributed by atoms with Crippen LogP contribution in [-0.2, 0) is 0 Å². The Morgan fingerprint density at radius 3 is 2.71 bits per heavy atom. The maximum absolute atomic E-state index is 12.8. The molecule has 1 amide bonds. The predicted octanol–water partition coefficient (Wildman–Crippen LogP) is 3.75. The van der Waals surface area contributed by atoms with Crippen LogP contribution >= 0.6 is 11.6 Å². The average molecular weight is 396 g/mol. The first-order valence-electron chi connectivity index (χ1n) is 9.51. The topological polar surface area (TPSA) is 65.2 Å². The standard InChI is InChI=1S/C22H22ClN3O2/c23-16-7-5-6-15(12-16)20(26-10-3-4-11-26)14-25-22(28)18-13-24-19-9-2-1-8-17(19)21(18)27/h1-2,5-9,12-13,20H,3-4,10-11,14H2,(H,24,27)(H,25,28). The van der Waals surface area contributed by atoms with Crippen LogP contribution in [0, 0.1) is 0 Å². The summed E-state index contributed by atoms with van der Waals surface area (Å²) >= 11 is 6.18. The summed E-state index contributed by atoms with van der Waals surface area (Å²) in [5.41, 5.74) is 1.66. The molecule has 2 aromatic carbocycles. The van der Waals surface area contributed by atoms with Gasteiger partial charge in [0.15, 0.2) is 0 Å². The van der Waals surface area contributed by atoms with E-state index in [0.29, 0.717) is 17.0 Å². The molecule has 1 atom stereocenters. The van der Waals surface area contributed by atoms with Crippen LogP contribution in [0.15, 0.2) is 59.5 Å². The lowest BCUT2D eigenvalue weighted by atomic mass is 10.1. The number of nitrogens with one attached hydrogen (secondary N) is 2. The monoisotopic (exact) mass is 395 g/mol. The number of aromatic amines is 1. The highest BCUT2D eigenvalue weighted by Gasteiger charge is 2.24. The third-order valence-corrected chi connectivity index (χ3v) is 5.54. The highest BCUT2D eigenvalue weighted by molar-refractivity contribution is 6.30. The minimum atomic E-state index is -0.363. The van der Waals surface area contributed by atoms with E-state index in [0.717, 1.165) is 37.0 Å². The number of fused-ring (bicyclic) bond motifs is 1. The van der Waals surface area contributed by atoms with E-state index in [2.05, 4.69) is 15.2 Å². The molecule has 4 rings (SSSR count). The van der Waals surface area contributed by atoms with Crippen LogP contribution in [0.1, 0.15) is 34.8 Å². The van der Waals surface area contributed by atoms with Crippen LogP contribution in [-0.4, -0.2) is 35.4 Å². The van der Waals surface area contributed by atoms with Crippen molar-refractivity contribution in [3.8, 4) is 0 Å². The Labute approximate surface area is 168 Å². The van der Waals surface area contributed by atoms with Gasteiger partial charge in [0.1, 0.15) is 5.56 Å². The van der Waals surface area contributed by atoms with Gasteiger partial charge in [-0.25, -0.2) is 0 Å². The number of likely N-dealkylation sites (tertiary alicyclic amines) is 1. The summed E-state index contributed by atoms with van der Waals surface area (Å²) in [5, 5.41) is 4.15. The Balaban J connectivity index is 1.56. The zero-order chi connectivity index (χ0) is 19.5. The van der Waals surface area contributed by atoms with E-state index >= 15 is 0 Å². The Kier molecular flexibility index (Phi) is 5.46. The lowest BCUT2D eigenvalue weighted by molar-refractivity contribution is 0.0936. The average Bonchev–Trinajstić information content (AvgIpc) is 3.23. The molecular formula is C22H22ClN3O2. The molecule has 2 N–H and O–H groups in total. The summed E-state index contributed by atoms with van der Waals surface area (Å²) < 4.78 is 0. The Morgan fingerprint density at radius 1 is 1.14 bits per heavy atom. The molecule has 0 spiro atoms. The van der Waals surface area contributed by atoms with Gasteiger partial charge in [-0.3, -0.25) is 14.5 Å². The fourth-order valence-electron chi connectivity index (χ4n) is 3.85. The summed E-state index contributed by atoms with van der Waals surface area (Å²) in [7, 11) is 0. The van der Waals surface area contributed by atoms with Crippen molar-refractivity contribution in [2.45, 2.75) is 18.9 Å². The third kappa shape index (κ3) is 3.81. The van der Waals surface area contributed by atoms with Crippen molar-refractivity contribution in [1.82, 2.24) is 15.2 Å². The molecule has 1 aliphatic heterocycles. The molecule has 0 bridgehead atoms. The summed E-state index contributed by atoms with van der Waals surface area (Å²) in [4.78, 5) is 30.8. The number of amides is 1. The zero-order valence-corrected chi connectivity index (χ0v) is 16.2. The maximum atomic E-state index is 12.8. The molecule has 1 aliphatic rings. The maximum Gasteiger partial charge on any atom is 0.256 e. The predicted molar refractivity (Wildman–Crippen MR) is 112 cm³/mol. The minimum Gasteiger partial charge on any atom is -0.360 e. The Bertz CT molecular complexity index is 1060. The van der Waals surface area contributed by atoms with Gasteiger partial charge in [0.05, 0.1) is 6.04 Å². The van der Waals surface area contributed by atoms with Crippen molar-refractivity contribution in [3.05, 3.63) is 81.1 Å². The summed E-state index contributed by atoms with van der Waals surface area (Å²) in [5.74, 6) is -0.363. The lowest BCUT2D eigenvalue weighted by Gasteiger charge is -2.28. The fourth-order valence-corrected chi connectivity index (χ4v) is 4.04. The number of nitrogens with zero attached hydrogens (tertiary/aromatic N) is 1. The first-order chi connectivity index (χ1) is 13.6. The number of para-hydroxylation sites is 1. The molecule has 0 saturated carbocycles. The fraction of sp³-hybridized carbons (Fsp3) is 0.273. The second kappa shape index (κ2) is 8.17. The van der Waals surface area contributed by atoms with Crippen molar-refractivity contribution in [2.75, 3.05) is 19.6 Å². The van der Waals surface area contributed by atoms with Crippen molar-refractivity contribution in [3.63, 3.8) is 0 Å². The molecule has 2 heterocycles. The van der Waals surface area contributed by atoms with E-state index in [1.165, 1.54) is 6.20 Å². The van der Waals surface area contributed by atoms with E-state index in [-0.39, 0.29) is 22.9 Å². The molecule has 1 fully saturated rings. The molecule has 1 saturated heterocycles. The molecule has 0 aliphatic carbocycles. The second-order valence-corrected chi connectivity index (χ2v) is 7.54. The number of pyridine rings is 1. The number of hydrogen-bond acceptors (Lipinski definition) is 3. The van der Waals surface area contributed by atoms with Crippen LogP contribution < -0.4 is 10.7 Å². The van der Waals surface area contributed by atoms with Gasteiger partial charge in [-0.05, 0) is 55.8 Å². The Morgan fingerprint density at radius 2 is 1.93 bits per heavy atom. The van der Waals surface area contributed by atoms with Gasteiger partial charge >= 0.3 is 0 Å². The van der Waals surface area contributed by atoms with Crippen LogP contribution in [0.2, 0.25) is 5.02 Å². The molecular weight excluding hydrogens is 374 g/mol. The number of halogens is 1. The molecule has 0 radical (unpaired) electrons. The highest BCUT2D eigenvalue weighted by Crippen LogP contribution is 2.26. The number of carbonyl (C=O) groups is 1. The normalized spacial score (nSPS) is 15.6. The summed E-state index contributed by atoms with van der Waals surface area (Å²) in [6, 6.07) is 15.0. The van der Waals surface area contributed by atoms with E-state index in [4.69, 9.17) is 11.6 Å². The molecule has 1 aromatic heterocycles. The van der Waals surface area contributed by atoms with Gasteiger partial charge in [0.25, 0.3) is 5.91 Å². The lowest BCUT2D eigenvalue weighted by Crippen LogP contribution is -2.38. The van der Waals surface area contributed by atoms with E-state index in [1.54, 1.807) is 12.1 Å². The molecule has 28 heavy (non-hydrogen) atoms. The van der Waals surface area contributed by atoms with Gasteiger partial charge in [-0.15, -0.1) is 0 Å². The van der Waals surface area contributed by atoms with Crippen LogP contribution in [0.25, 0.3) is 10.9 Å². The zero-order valence-electron chi connectivity index (χ0n) is 15.5. The number of benzene rings is 2. The van der Waals surface area contributed by atoms with E-state index in [9.17, 15) is 9.59 Å². The quantitative estimate of drug-likeness (QED) is 0.691. The number of hydrogen-bond donors (Lipinski definition) is 2. The smallest absolute Gasteiger partial charge is 0.256 e. The third-order valence-electron chi connectivity index (χ3n) is 5.30. The van der Waals surface area contributed by atoms with Crippen molar-refractivity contribution >= 4 is 28.4 Å². The first kappa shape index (κ1) is 18.7. The molecule has 3 aromatic rings. The largest absolute Gasteiger partial charge is 0.360 e. The van der Waals surface area contributed by atoms with Crippen molar-refractivity contribution < 1.29 is 4.79 Å². The summed E-state index contributed by atoms with van der Waals surface area (Å²) in [6.07, 6.45) is 3.79. The van der Waals surface area contributed by atoms with Crippen LogP contribution in [0.5, 0.6) is 0 Å². The van der Waals surface area contributed by atoms with Crippen molar-refractivity contribution in [2.24, 2.45) is 0 Å². The van der Waals surface area contributed by atoms with Crippen LogP contribution in [0.3, 0.4) is 0 Å². The number of aromatic nitrogens is 1. The second-order valence-electron chi connectivity index (χ2n) is 7.10. The number of carbonyl (C=O) groups excluding carboxylic acids is 1. The van der Waals surface area contributed by atoms with Gasteiger partial charge in [0, 0.05) is 28.7 Å². The van der Waals surface area contributed by atoms with Gasteiger partial charge in [-0.1, -0.05) is 35.9 Å². The van der Waals surface area contributed by atoms with Gasteiger partial charge < -0.3 is 10.3 Å². The molecule has 5 nitrogen and oxygen atoms in total. The number of H-pyrrole nitrogens is 1. The highest BCUT2D eigenvalue weighted by atomic mass is 35.5. The minimum absolute atomic E-state index is 0.0321. The van der Waals surface area contributed by atoms with E-state index in [1.807, 2.05) is 36.4 Å². The molecule has 1 unspecified atom stereocenters. The number of rotatable bonds is 5. The van der Waals surface area contributed by atoms with E-state index < -0.39 is 0 Å². The van der Waals surface area contributed by atoms with Crippen LogP contribution in [0.4, 0.5) is 0 Å². The summed E-state index contributed by atoms with van der Waals surface area (Å²) in [6.45, 7) is 2.40. The SMILES string of the molecule is O=C(NCC(c1cccc(Cl)c1)N1CCCC1)c1c[nH]c2ccccc2c1=O. The molecule has 6 heteroatoms. The van der Waals surface area contributed by atoms with Gasteiger partial charge in [-0.2, -0.15) is 0 Å². The first-order valence-corrected chi connectivity index (χ1v) is 9.89. The molecule has 144 valence electrons. The Hall–Kier alpha value is -2.63. The van der Waals surface area contributed by atoms with Gasteiger partial charge in [0.2, 0.25) is 5.43 Å².